The predicted molar refractivity (Wildman–Crippen MR) is 79.4 cm³/mol. The number of benzene rings is 2. The van der Waals surface area contributed by atoms with Crippen molar-refractivity contribution in [1.29, 1.82) is 0 Å². The van der Waals surface area contributed by atoms with Crippen LogP contribution in [0.2, 0.25) is 0 Å². The van der Waals surface area contributed by atoms with Gasteiger partial charge in [0.05, 0.1) is 23.4 Å². The number of methoxy groups -OCH3 is 1. The standard InChI is InChI=1S/C14H16N2O3S/c1-10-5-3-4-6-13(10)16-20(17,18)11-7-8-14(19-2)12(15)9-11/h3-9,16H,15H2,1-2H3. The van der Waals surface area contributed by atoms with Crippen LogP contribution in [-0.2, 0) is 10.0 Å². The Morgan fingerprint density at radius 3 is 2.45 bits per heavy atom. The van der Waals surface area contributed by atoms with Crippen LogP contribution < -0.4 is 15.2 Å². The molecule has 0 fully saturated rings. The minimum atomic E-state index is -3.67. The van der Waals surface area contributed by atoms with E-state index in [1.54, 1.807) is 12.1 Å². The molecule has 0 radical (unpaired) electrons. The lowest BCUT2D eigenvalue weighted by Crippen LogP contribution is -2.14. The summed E-state index contributed by atoms with van der Waals surface area (Å²) in [7, 11) is -2.19. The lowest BCUT2D eigenvalue weighted by molar-refractivity contribution is 0.416. The molecule has 0 unspecified atom stereocenters. The van der Waals surface area contributed by atoms with Crippen LogP contribution in [0.4, 0.5) is 11.4 Å². The lowest BCUT2D eigenvalue weighted by Gasteiger charge is -2.11. The first-order valence-corrected chi connectivity index (χ1v) is 7.44. The van der Waals surface area contributed by atoms with Crippen molar-refractivity contribution in [3.63, 3.8) is 0 Å². The fourth-order valence-electron chi connectivity index (χ4n) is 1.77. The molecule has 0 aliphatic rings. The molecule has 0 bridgehead atoms. The first-order chi connectivity index (χ1) is 9.44. The molecule has 6 heteroatoms. The van der Waals surface area contributed by atoms with Gasteiger partial charge < -0.3 is 10.5 Å². The number of rotatable bonds is 4. The SMILES string of the molecule is COc1ccc(S(=O)(=O)Nc2ccccc2C)cc1N. The highest BCUT2D eigenvalue weighted by Crippen LogP contribution is 2.26. The maximum atomic E-state index is 12.3. The van der Waals surface area contributed by atoms with Crippen molar-refractivity contribution in [2.45, 2.75) is 11.8 Å². The maximum absolute atomic E-state index is 12.3. The van der Waals surface area contributed by atoms with Crippen LogP contribution in [0, 0.1) is 6.92 Å². The van der Waals surface area contributed by atoms with E-state index in [1.165, 1.54) is 25.3 Å². The minimum Gasteiger partial charge on any atom is -0.495 e. The molecule has 5 nitrogen and oxygen atoms in total. The molecule has 106 valence electrons. The van der Waals surface area contributed by atoms with Gasteiger partial charge in [0.15, 0.2) is 0 Å². The Morgan fingerprint density at radius 2 is 1.85 bits per heavy atom. The summed E-state index contributed by atoms with van der Waals surface area (Å²) >= 11 is 0. The van der Waals surface area contributed by atoms with Crippen LogP contribution in [0.15, 0.2) is 47.4 Å². The van der Waals surface area contributed by atoms with Gasteiger partial charge in [-0.3, -0.25) is 4.72 Å². The molecule has 0 aliphatic carbocycles. The Morgan fingerprint density at radius 1 is 1.15 bits per heavy atom. The van der Waals surface area contributed by atoms with Crippen LogP contribution in [0.5, 0.6) is 5.75 Å². The van der Waals surface area contributed by atoms with E-state index in [1.807, 2.05) is 19.1 Å². The van der Waals surface area contributed by atoms with E-state index >= 15 is 0 Å². The van der Waals surface area contributed by atoms with Crippen molar-refractivity contribution in [2.75, 3.05) is 17.6 Å². The molecule has 0 amide bonds. The van der Waals surface area contributed by atoms with Gasteiger partial charge in [0.25, 0.3) is 10.0 Å². The van der Waals surface area contributed by atoms with Crippen LogP contribution in [0.25, 0.3) is 0 Å². The molecule has 20 heavy (non-hydrogen) atoms. The number of nitrogens with two attached hydrogens (primary N) is 1. The van der Waals surface area contributed by atoms with E-state index in [2.05, 4.69) is 4.72 Å². The van der Waals surface area contributed by atoms with Crippen molar-refractivity contribution in [3.8, 4) is 5.75 Å². The molecule has 0 saturated carbocycles. The third kappa shape index (κ3) is 2.85. The number of hydrogen-bond acceptors (Lipinski definition) is 4. The number of hydrogen-bond donors (Lipinski definition) is 2. The molecule has 0 aromatic heterocycles. The second kappa shape index (κ2) is 5.42. The molecule has 2 rings (SSSR count). The van der Waals surface area contributed by atoms with Crippen molar-refractivity contribution in [2.24, 2.45) is 0 Å². The molecular weight excluding hydrogens is 276 g/mol. The molecule has 2 aromatic carbocycles. The number of ether oxygens (including phenoxy) is 1. The molecule has 0 spiro atoms. The van der Waals surface area contributed by atoms with Gasteiger partial charge in [0, 0.05) is 0 Å². The Hall–Kier alpha value is -2.21. The fraction of sp³-hybridized carbons (Fsp3) is 0.143. The normalized spacial score (nSPS) is 11.1. The Bertz CT molecular complexity index is 727. The second-order valence-corrected chi connectivity index (χ2v) is 6.01. The van der Waals surface area contributed by atoms with Crippen molar-refractivity contribution >= 4 is 21.4 Å². The Kier molecular flexibility index (Phi) is 3.85. The zero-order valence-electron chi connectivity index (χ0n) is 11.3. The fourth-order valence-corrected chi connectivity index (χ4v) is 2.94. The summed E-state index contributed by atoms with van der Waals surface area (Å²) in [6.07, 6.45) is 0. The van der Waals surface area contributed by atoms with E-state index in [4.69, 9.17) is 10.5 Å². The van der Waals surface area contributed by atoms with Crippen molar-refractivity contribution in [1.82, 2.24) is 0 Å². The van der Waals surface area contributed by atoms with Gasteiger partial charge in [-0.15, -0.1) is 0 Å². The Labute approximate surface area is 118 Å². The average Bonchev–Trinajstić information content (AvgIpc) is 2.41. The van der Waals surface area contributed by atoms with E-state index in [0.717, 1.165) is 5.56 Å². The molecular formula is C14H16N2O3S. The van der Waals surface area contributed by atoms with Crippen molar-refractivity contribution < 1.29 is 13.2 Å². The summed E-state index contributed by atoms with van der Waals surface area (Å²) in [6.45, 7) is 1.83. The number of nitrogen functional groups attached to an aromatic ring is 1. The van der Waals surface area contributed by atoms with Crippen LogP contribution in [0.1, 0.15) is 5.56 Å². The molecule has 0 aliphatic heterocycles. The summed E-state index contributed by atoms with van der Waals surface area (Å²) in [5, 5.41) is 0. The van der Waals surface area contributed by atoms with Gasteiger partial charge in [0.1, 0.15) is 5.75 Å². The monoisotopic (exact) mass is 292 g/mol. The number of para-hydroxylation sites is 1. The van der Waals surface area contributed by atoms with Crippen LogP contribution >= 0.6 is 0 Å². The molecule has 0 heterocycles. The van der Waals surface area contributed by atoms with E-state index < -0.39 is 10.0 Å². The number of nitrogens with one attached hydrogen (secondary N) is 1. The topological polar surface area (TPSA) is 81.4 Å². The third-order valence-electron chi connectivity index (χ3n) is 2.90. The number of aryl methyl sites for hydroxylation is 1. The van der Waals surface area contributed by atoms with Gasteiger partial charge in [-0.25, -0.2) is 8.42 Å². The largest absolute Gasteiger partial charge is 0.495 e. The highest BCUT2D eigenvalue weighted by molar-refractivity contribution is 7.92. The van der Waals surface area contributed by atoms with E-state index in [9.17, 15) is 8.42 Å². The van der Waals surface area contributed by atoms with Crippen molar-refractivity contribution in [3.05, 3.63) is 48.0 Å². The van der Waals surface area contributed by atoms with Crippen LogP contribution in [0.3, 0.4) is 0 Å². The quantitative estimate of drug-likeness (QED) is 0.848. The smallest absolute Gasteiger partial charge is 0.261 e. The Balaban J connectivity index is 2.36. The molecule has 0 saturated heterocycles. The average molecular weight is 292 g/mol. The summed E-state index contributed by atoms with van der Waals surface area (Å²) in [5.41, 5.74) is 7.40. The molecule has 0 atom stereocenters. The van der Waals surface area contributed by atoms with E-state index in [-0.39, 0.29) is 10.6 Å². The van der Waals surface area contributed by atoms with Gasteiger partial charge in [0.2, 0.25) is 0 Å². The maximum Gasteiger partial charge on any atom is 0.261 e. The predicted octanol–water partition coefficient (Wildman–Crippen LogP) is 2.39. The number of sulfonamides is 1. The van der Waals surface area contributed by atoms with Crippen LogP contribution in [-0.4, -0.2) is 15.5 Å². The highest BCUT2D eigenvalue weighted by atomic mass is 32.2. The summed E-state index contributed by atoms with van der Waals surface area (Å²) in [5.74, 6) is 0.444. The first-order valence-electron chi connectivity index (χ1n) is 5.96. The third-order valence-corrected chi connectivity index (χ3v) is 4.26. The van der Waals surface area contributed by atoms with E-state index in [0.29, 0.717) is 11.4 Å². The summed E-state index contributed by atoms with van der Waals surface area (Å²) in [4.78, 5) is 0.0963. The van der Waals surface area contributed by atoms with Gasteiger partial charge in [-0.1, -0.05) is 18.2 Å². The van der Waals surface area contributed by atoms with Gasteiger partial charge >= 0.3 is 0 Å². The van der Waals surface area contributed by atoms with Gasteiger partial charge in [-0.2, -0.15) is 0 Å². The number of anilines is 2. The molecule has 3 N–H and O–H groups in total. The second-order valence-electron chi connectivity index (χ2n) is 4.32. The minimum absolute atomic E-state index is 0.0963. The van der Waals surface area contributed by atoms with Gasteiger partial charge in [-0.05, 0) is 36.8 Å². The first kappa shape index (κ1) is 14.2. The highest BCUT2D eigenvalue weighted by Gasteiger charge is 2.16. The zero-order valence-corrected chi connectivity index (χ0v) is 12.1. The summed E-state index contributed by atoms with van der Waals surface area (Å²) in [6, 6.07) is 11.5. The zero-order chi connectivity index (χ0) is 14.8. The lowest BCUT2D eigenvalue weighted by atomic mass is 10.2. The summed E-state index contributed by atoms with van der Waals surface area (Å²) < 4.78 is 32.1. The molecule has 2 aromatic rings.